The van der Waals surface area contributed by atoms with Crippen LogP contribution in [0.2, 0.25) is 0 Å². The van der Waals surface area contributed by atoms with E-state index >= 15 is 0 Å². The van der Waals surface area contributed by atoms with E-state index in [1.165, 1.54) is 11.2 Å². The first kappa shape index (κ1) is 13.4. The molecule has 2 atom stereocenters. The fourth-order valence-electron chi connectivity index (χ4n) is 1.96. The molecule has 1 heterocycles. The topological polar surface area (TPSA) is 74.7 Å². The molecule has 2 unspecified atom stereocenters. The van der Waals surface area contributed by atoms with Gasteiger partial charge in [-0.25, -0.2) is 8.42 Å². The number of rotatable bonds is 3. The average molecular weight is 249 g/mol. The number of carbonyl (C=O) groups is 1. The minimum Gasteiger partial charge on any atom is -0.480 e. The fraction of sp³-hybridized carbons (Fsp3) is 0.900. The summed E-state index contributed by atoms with van der Waals surface area (Å²) in [5.41, 5.74) is 0. The molecule has 1 rings (SSSR count). The van der Waals surface area contributed by atoms with E-state index in [1.54, 1.807) is 0 Å². The second-order valence-electron chi connectivity index (χ2n) is 4.33. The Balaban J connectivity index is 2.92. The molecule has 16 heavy (non-hydrogen) atoms. The van der Waals surface area contributed by atoms with Gasteiger partial charge in [0.05, 0.1) is 0 Å². The summed E-state index contributed by atoms with van der Waals surface area (Å²) < 4.78 is 25.4. The molecule has 0 aromatic carbocycles. The predicted octanol–water partition coefficient (Wildman–Crippen LogP) is 1.05. The Labute approximate surface area is 96.5 Å². The lowest BCUT2D eigenvalue weighted by atomic mass is 10.1. The summed E-state index contributed by atoms with van der Waals surface area (Å²) in [4.78, 5) is 10.8. The lowest BCUT2D eigenvalue weighted by molar-refractivity contribution is -0.136. The standard InChI is InChI=1S/C10H19NO4S/c1-8-6-4-3-5-7-11(8)16(14,15)9(2)10(12)13/h8-9H,3-7H2,1-2H3,(H,12,13). The summed E-state index contributed by atoms with van der Waals surface area (Å²) in [5.74, 6) is -1.28. The zero-order chi connectivity index (χ0) is 12.3. The van der Waals surface area contributed by atoms with Crippen molar-refractivity contribution in [3.63, 3.8) is 0 Å². The maximum atomic E-state index is 12.0. The van der Waals surface area contributed by atoms with Crippen LogP contribution in [0, 0.1) is 0 Å². The number of hydrogen-bond acceptors (Lipinski definition) is 3. The van der Waals surface area contributed by atoms with E-state index in [1.807, 2.05) is 6.92 Å². The molecule has 1 aliphatic heterocycles. The van der Waals surface area contributed by atoms with Crippen LogP contribution in [0.1, 0.15) is 39.5 Å². The van der Waals surface area contributed by atoms with Crippen LogP contribution in [0.3, 0.4) is 0 Å². The monoisotopic (exact) mass is 249 g/mol. The third kappa shape index (κ3) is 2.74. The number of carboxylic acid groups (broad SMARTS) is 1. The molecule has 1 saturated heterocycles. The van der Waals surface area contributed by atoms with Crippen LogP contribution < -0.4 is 0 Å². The summed E-state index contributed by atoms with van der Waals surface area (Å²) in [7, 11) is -3.70. The molecule has 0 amide bonds. The van der Waals surface area contributed by atoms with Gasteiger partial charge in [-0.05, 0) is 26.7 Å². The number of sulfonamides is 1. The molecule has 0 bridgehead atoms. The quantitative estimate of drug-likeness (QED) is 0.811. The highest BCUT2D eigenvalue weighted by Crippen LogP contribution is 2.22. The van der Waals surface area contributed by atoms with Crippen molar-refractivity contribution >= 4 is 16.0 Å². The molecular weight excluding hydrogens is 230 g/mol. The Kier molecular flexibility index (Phi) is 4.32. The van der Waals surface area contributed by atoms with Crippen LogP contribution in [-0.2, 0) is 14.8 Å². The van der Waals surface area contributed by atoms with E-state index in [-0.39, 0.29) is 6.04 Å². The second kappa shape index (κ2) is 5.14. The van der Waals surface area contributed by atoms with Gasteiger partial charge in [0.25, 0.3) is 0 Å². The molecule has 0 aromatic heterocycles. The van der Waals surface area contributed by atoms with Crippen molar-refractivity contribution in [2.75, 3.05) is 6.54 Å². The number of carboxylic acids is 1. The molecule has 1 N–H and O–H groups in total. The molecule has 1 fully saturated rings. The largest absolute Gasteiger partial charge is 0.480 e. The average Bonchev–Trinajstić information content (AvgIpc) is 2.41. The molecule has 0 spiro atoms. The van der Waals surface area contributed by atoms with E-state index in [4.69, 9.17) is 5.11 Å². The van der Waals surface area contributed by atoms with E-state index in [9.17, 15) is 13.2 Å². The Morgan fingerprint density at radius 1 is 1.38 bits per heavy atom. The molecule has 1 aliphatic rings. The van der Waals surface area contributed by atoms with Crippen molar-refractivity contribution in [1.29, 1.82) is 0 Å². The predicted molar refractivity (Wildman–Crippen MR) is 60.7 cm³/mol. The Morgan fingerprint density at radius 2 is 2.00 bits per heavy atom. The van der Waals surface area contributed by atoms with E-state index < -0.39 is 21.2 Å². The van der Waals surface area contributed by atoms with E-state index in [2.05, 4.69) is 0 Å². The van der Waals surface area contributed by atoms with Crippen molar-refractivity contribution in [2.45, 2.75) is 50.8 Å². The molecule has 5 nitrogen and oxygen atoms in total. The van der Waals surface area contributed by atoms with Crippen molar-refractivity contribution in [2.24, 2.45) is 0 Å². The molecule has 0 saturated carbocycles. The van der Waals surface area contributed by atoms with Gasteiger partial charge in [0.1, 0.15) is 0 Å². The summed E-state index contributed by atoms with van der Waals surface area (Å²) in [6, 6.07) is -0.0886. The third-order valence-electron chi connectivity index (χ3n) is 3.11. The first-order chi connectivity index (χ1) is 7.37. The summed E-state index contributed by atoms with van der Waals surface area (Å²) in [5, 5.41) is 7.45. The van der Waals surface area contributed by atoms with Crippen LogP contribution in [0.5, 0.6) is 0 Å². The number of hydrogen-bond donors (Lipinski definition) is 1. The van der Waals surface area contributed by atoms with Crippen LogP contribution in [-0.4, -0.2) is 41.6 Å². The highest BCUT2D eigenvalue weighted by Gasteiger charge is 2.36. The Hall–Kier alpha value is -0.620. The Morgan fingerprint density at radius 3 is 2.56 bits per heavy atom. The molecule has 0 aromatic rings. The van der Waals surface area contributed by atoms with Gasteiger partial charge in [0.15, 0.2) is 5.25 Å². The van der Waals surface area contributed by atoms with E-state index in [0.717, 1.165) is 25.7 Å². The first-order valence-corrected chi connectivity index (χ1v) is 7.11. The lowest BCUT2D eigenvalue weighted by Gasteiger charge is -2.27. The summed E-state index contributed by atoms with van der Waals surface area (Å²) >= 11 is 0. The maximum absolute atomic E-state index is 12.0. The summed E-state index contributed by atoms with van der Waals surface area (Å²) in [6.07, 6.45) is 3.65. The lowest BCUT2D eigenvalue weighted by Crippen LogP contribution is -2.45. The second-order valence-corrected chi connectivity index (χ2v) is 6.54. The maximum Gasteiger partial charge on any atom is 0.323 e. The van der Waals surface area contributed by atoms with Gasteiger partial charge in [-0.3, -0.25) is 4.79 Å². The van der Waals surface area contributed by atoms with Gasteiger partial charge >= 0.3 is 5.97 Å². The molecule has 0 radical (unpaired) electrons. The highest BCUT2D eigenvalue weighted by atomic mass is 32.2. The number of aliphatic carboxylic acids is 1. The molecule has 94 valence electrons. The van der Waals surface area contributed by atoms with Crippen molar-refractivity contribution in [3.8, 4) is 0 Å². The van der Waals surface area contributed by atoms with Gasteiger partial charge < -0.3 is 5.11 Å². The fourth-order valence-corrected chi connectivity index (χ4v) is 3.61. The van der Waals surface area contributed by atoms with Crippen molar-refractivity contribution < 1.29 is 18.3 Å². The SMILES string of the molecule is CC1CCCCCN1S(=O)(=O)C(C)C(=O)O. The van der Waals surface area contributed by atoms with E-state index in [0.29, 0.717) is 6.54 Å². The molecule has 6 heteroatoms. The number of nitrogens with zero attached hydrogens (tertiary/aromatic N) is 1. The van der Waals surface area contributed by atoms with Crippen LogP contribution in [0.4, 0.5) is 0 Å². The Bertz CT molecular complexity index is 352. The van der Waals surface area contributed by atoms with Crippen LogP contribution >= 0.6 is 0 Å². The molecular formula is C10H19NO4S. The minimum absolute atomic E-state index is 0.0886. The minimum atomic E-state index is -3.70. The smallest absolute Gasteiger partial charge is 0.323 e. The van der Waals surface area contributed by atoms with Gasteiger partial charge in [-0.2, -0.15) is 4.31 Å². The summed E-state index contributed by atoms with van der Waals surface area (Å²) in [6.45, 7) is 3.52. The molecule has 0 aliphatic carbocycles. The van der Waals surface area contributed by atoms with Crippen LogP contribution in [0.15, 0.2) is 0 Å². The van der Waals surface area contributed by atoms with Crippen molar-refractivity contribution in [1.82, 2.24) is 4.31 Å². The normalized spacial score (nSPS) is 26.0. The van der Waals surface area contributed by atoms with Crippen molar-refractivity contribution in [3.05, 3.63) is 0 Å². The van der Waals surface area contributed by atoms with Gasteiger partial charge in [0.2, 0.25) is 10.0 Å². The third-order valence-corrected chi connectivity index (χ3v) is 5.40. The van der Waals surface area contributed by atoms with Gasteiger partial charge in [0, 0.05) is 12.6 Å². The zero-order valence-corrected chi connectivity index (χ0v) is 10.5. The first-order valence-electron chi connectivity index (χ1n) is 5.61. The van der Waals surface area contributed by atoms with Gasteiger partial charge in [-0.15, -0.1) is 0 Å². The van der Waals surface area contributed by atoms with Crippen LogP contribution in [0.25, 0.3) is 0 Å². The zero-order valence-electron chi connectivity index (χ0n) is 9.72. The highest BCUT2D eigenvalue weighted by molar-refractivity contribution is 7.90. The van der Waals surface area contributed by atoms with Gasteiger partial charge in [-0.1, -0.05) is 12.8 Å².